The number of anilines is 1. The van der Waals surface area contributed by atoms with E-state index in [4.69, 9.17) is 5.26 Å². The Hall–Kier alpha value is -2.42. The molecule has 0 saturated heterocycles. The maximum atomic E-state index is 13.7. The van der Waals surface area contributed by atoms with Gasteiger partial charge in [-0.15, -0.1) is 0 Å². The first kappa shape index (κ1) is 11.1. The number of hydrogen-bond donors (Lipinski definition) is 2. The molecule has 0 fully saturated rings. The van der Waals surface area contributed by atoms with Crippen molar-refractivity contribution in [3.8, 4) is 6.07 Å². The minimum Gasteiger partial charge on any atom is -0.325 e. The number of aromatic nitrogens is 2. The molecule has 1 amide bonds. The van der Waals surface area contributed by atoms with Gasteiger partial charge in [0.1, 0.15) is 12.2 Å². The van der Waals surface area contributed by atoms with Gasteiger partial charge in [0.25, 0.3) is 0 Å². The first-order chi connectivity index (χ1) is 8.11. The van der Waals surface area contributed by atoms with Crippen molar-refractivity contribution in [1.29, 1.82) is 5.26 Å². The van der Waals surface area contributed by atoms with Crippen molar-refractivity contribution >= 4 is 22.5 Å². The second kappa shape index (κ2) is 4.22. The number of nitriles is 1. The summed E-state index contributed by atoms with van der Waals surface area (Å²) in [7, 11) is 0. The molecule has 1 aromatic heterocycles. The van der Waals surface area contributed by atoms with Gasteiger partial charge in [-0.05, 0) is 19.1 Å². The van der Waals surface area contributed by atoms with Crippen LogP contribution in [0.4, 0.5) is 10.1 Å². The minimum atomic E-state index is -0.474. The van der Waals surface area contributed by atoms with Gasteiger partial charge < -0.3 is 5.32 Å². The van der Waals surface area contributed by atoms with Crippen LogP contribution in [0.25, 0.3) is 10.9 Å². The Labute approximate surface area is 96.2 Å². The molecule has 1 aromatic carbocycles. The van der Waals surface area contributed by atoms with E-state index in [1.165, 1.54) is 6.07 Å². The average molecular weight is 232 g/mol. The fourth-order valence-corrected chi connectivity index (χ4v) is 1.60. The number of H-pyrrole nitrogens is 1. The van der Waals surface area contributed by atoms with E-state index in [-0.39, 0.29) is 6.42 Å². The number of fused-ring (bicyclic) bond motifs is 1. The number of carbonyl (C=O) groups is 1. The van der Waals surface area contributed by atoms with Crippen LogP contribution in [0.2, 0.25) is 0 Å². The Bertz CT molecular complexity index is 626. The molecule has 0 aliphatic heterocycles. The SMILES string of the molecule is Cc1[nH]nc2cc(NC(=O)CC#N)cc(F)c12. The van der Waals surface area contributed by atoms with Crippen molar-refractivity contribution in [1.82, 2.24) is 10.2 Å². The maximum Gasteiger partial charge on any atom is 0.238 e. The number of nitrogens with one attached hydrogen (secondary N) is 2. The van der Waals surface area contributed by atoms with Crippen molar-refractivity contribution < 1.29 is 9.18 Å². The van der Waals surface area contributed by atoms with Crippen LogP contribution in [0.1, 0.15) is 12.1 Å². The number of aryl methyl sites for hydroxylation is 1. The van der Waals surface area contributed by atoms with Crippen LogP contribution in [-0.2, 0) is 4.79 Å². The van der Waals surface area contributed by atoms with Gasteiger partial charge in [-0.25, -0.2) is 4.39 Å². The maximum absolute atomic E-state index is 13.7. The second-order valence-electron chi connectivity index (χ2n) is 3.58. The van der Waals surface area contributed by atoms with Crippen LogP contribution in [-0.4, -0.2) is 16.1 Å². The van der Waals surface area contributed by atoms with Crippen molar-refractivity contribution in [3.05, 3.63) is 23.6 Å². The summed E-state index contributed by atoms with van der Waals surface area (Å²) < 4.78 is 13.7. The number of benzene rings is 1. The van der Waals surface area contributed by atoms with Crippen LogP contribution in [0.3, 0.4) is 0 Å². The third kappa shape index (κ3) is 2.08. The second-order valence-corrected chi connectivity index (χ2v) is 3.58. The van der Waals surface area contributed by atoms with Gasteiger partial charge in [0.15, 0.2) is 0 Å². The molecule has 0 unspecified atom stereocenters. The molecule has 2 N–H and O–H groups in total. The molecular weight excluding hydrogens is 223 g/mol. The molecule has 0 spiro atoms. The highest BCUT2D eigenvalue weighted by Gasteiger charge is 2.10. The Morgan fingerprint density at radius 2 is 2.41 bits per heavy atom. The van der Waals surface area contributed by atoms with Gasteiger partial charge in [0.2, 0.25) is 5.91 Å². The lowest BCUT2D eigenvalue weighted by molar-refractivity contribution is -0.115. The predicted molar refractivity (Wildman–Crippen MR) is 59.6 cm³/mol. The predicted octanol–water partition coefficient (Wildman–Crippen LogP) is 1.86. The summed E-state index contributed by atoms with van der Waals surface area (Å²) in [6.45, 7) is 1.71. The molecule has 0 radical (unpaired) electrons. The number of hydrogen-bond acceptors (Lipinski definition) is 3. The van der Waals surface area contributed by atoms with E-state index in [2.05, 4.69) is 15.5 Å². The standard InChI is InChI=1S/C11H9FN4O/c1-6-11-8(12)4-7(5-9(11)16-15-6)14-10(17)2-3-13/h4-5H,2H2,1H3,(H,14,17)(H,15,16). The van der Waals surface area contributed by atoms with E-state index >= 15 is 0 Å². The van der Waals surface area contributed by atoms with Gasteiger partial charge in [-0.1, -0.05) is 0 Å². The molecule has 0 atom stereocenters. The monoisotopic (exact) mass is 232 g/mol. The number of aromatic amines is 1. The Morgan fingerprint density at radius 1 is 1.65 bits per heavy atom. The molecule has 1 heterocycles. The summed E-state index contributed by atoms with van der Waals surface area (Å²) in [5.41, 5.74) is 1.36. The zero-order valence-corrected chi connectivity index (χ0v) is 9.04. The molecule has 0 aliphatic carbocycles. The number of amides is 1. The number of carbonyl (C=O) groups excluding carboxylic acids is 1. The van der Waals surface area contributed by atoms with Gasteiger partial charge in [-0.2, -0.15) is 10.4 Å². The lowest BCUT2D eigenvalue weighted by Gasteiger charge is -2.03. The molecule has 2 aromatic rings. The fourth-order valence-electron chi connectivity index (χ4n) is 1.60. The van der Waals surface area contributed by atoms with Crippen LogP contribution in [0.5, 0.6) is 0 Å². The first-order valence-corrected chi connectivity index (χ1v) is 4.93. The van der Waals surface area contributed by atoms with E-state index in [0.717, 1.165) is 0 Å². The molecule has 5 nitrogen and oxygen atoms in total. The van der Waals surface area contributed by atoms with Crippen LogP contribution in [0, 0.1) is 24.1 Å². The summed E-state index contributed by atoms with van der Waals surface area (Å²) in [5.74, 6) is -0.931. The average Bonchev–Trinajstić information content (AvgIpc) is 2.60. The third-order valence-corrected chi connectivity index (χ3v) is 2.31. The van der Waals surface area contributed by atoms with Crippen LogP contribution in [0.15, 0.2) is 12.1 Å². The highest BCUT2D eigenvalue weighted by molar-refractivity contribution is 5.95. The molecule has 0 saturated carbocycles. The summed E-state index contributed by atoms with van der Waals surface area (Å²) in [4.78, 5) is 11.2. The molecule has 17 heavy (non-hydrogen) atoms. The van der Waals surface area contributed by atoms with Crippen LogP contribution < -0.4 is 5.32 Å². The fraction of sp³-hybridized carbons (Fsp3) is 0.182. The first-order valence-electron chi connectivity index (χ1n) is 4.93. The summed E-state index contributed by atoms with van der Waals surface area (Å²) in [6, 6.07) is 4.48. The Balaban J connectivity index is 2.38. The van der Waals surface area contributed by atoms with E-state index in [0.29, 0.717) is 22.3 Å². The van der Waals surface area contributed by atoms with Crippen molar-refractivity contribution in [2.24, 2.45) is 0 Å². The topological polar surface area (TPSA) is 81.6 Å². The zero-order valence-electron chi connectivity index (χ0n) is 9.04. The van der Waals surface area contributed by atoms with Gasteiger partial charge in [0.05, 0.1) is 17.0 Å². The normalized spacial score (nSPS) is 10.2. The molecular formula is C11H9FN4O. The number of nitrogens with zero attached hydrogens (tertiary/aromatic N) is 2. The molecule has 2 rings (SSSR count). The van der Waals surface area contributed by atoms with Crippen LogP contribution >= 0.6 is 0 Å². The third-order valence-electron chi connectivity index (χ3n) is 2.31. The Kier molecular flexibility index (Phi) is 2.75. The molecule has 6 heteroatoms. The lowest BCUT2D eigenvalue weighted by atomic mass is 10.2. The quantitative estimate of drug-likeness (QED) is 0.829. The largest absolute Gasteiger partial charge is 0.325 e. The summed E-state index contributed by atoms with van der Waals surface area (Å²) in [6.07, 6.45) is -0.265. The zero-order chi connectivity index (χ0) is 12.4. The van der Waals surface area contributed by atoms with E-state index in [1.807, 2.05) is 0 Å². The molecule has 86 valence electrons. The number of rotatable bonds is 2. The van der Waals surface area contributed by atoms with Crippen molar-refractivity contribution in [2.45, 2.75) is 13.3 Å². The highest BCUT2D eigenvalue weighted by atomic mass is 19.1. The smallest absolute Gasteiger partial charge is 0.238 e. The van der Waals surface area contributed by atoms with Gasteiger partial charge in [-0.3, -0.25) is 9.89 Å². The highest BCUT2D eigenvalue weighted by Crippen LogP contribution is 2.23. The lowest BCUT2D eigenvalue weighted by Crippen LogP contribution is -2.10. The molecule has 0 bridgehead atoms. The van der Waals surface area contributed by atoms with E-state index in [1.54, 1.807) is 19.1 Å². The van der Waals surface area contributed by atoms with E-state index in [9.17, 15) is 9.18 Å². The van der Waals surface area contributed by atoms with E-state index < -0.39 is 11.7 Å². The summed E-state index contributed by atoms with van der Waals surface area (Å²) >= 11 is 0. The minimum absolute atomic E-state index is 0.265. The van der Waals surface area contributed by atoms with Gasteiger partial charge in [0, 0.05) is 11.4 Å². The Morgan fingerprint density at radius 3 is 3.12 bits per heavy atom. The number of halogens is 1. The van der Waals surface area contributed by atoms with Crippen molar-refractivity contribution in [2.75, 3.05) is 5.32 Å². The summed E-state index contributed by atoms with van der Waals surface area (Å²) in [5, 5.41) is 17.8. The molecule has 0 aliphatic rings. The van der Waals surface area contributed by atoms with Gasteiger partial charge >= 0.3 is 0 Å². The van der Waals surface area contributed by atoms with Crippen molar-refractivity contribution in [3.63, 3.8) is 0 Å².